The molecule has 0 atom stereocenters. The minimum absolute atomic E-state index is 0.721. The average molecular weight is 308 g/mol. The van der Waals surface area contributed by atoms with Crippen molar-refractivity contribution < 1.29 is 0 Å². The maximum atomic E-state index is 6.46. The summed E-state index contributed by atoms with van der Waals surface area (Å²) < 4.78 is 0. The number of nitrogens with one attached hydrogen (secondary N) is 1. The van der Waals surface area contributed by atoms with Crippen molar-refractivity contribution in [2.75, 3.05) is 32.1 Å². The van der Waals surface area contributed by atoms with Gasteiger partial charge in [-0.2, -0.15) is 0 Å². The number of rotatable bonds is 5. The van der Waals surface area contributed by atoms with Gasteiger partial charge in [-0.1, -0.05) is 17.7 Å². The number of hydrogen-bond donors (Lipinski definition) is 1. The van der Waals surface area contributed by atoms with Crippen molar-refractivity contribution in [1.82, 2.24) is 10.2 Å². The number of halogens is 1. The van der Waals surface area contributed by atoms with Gasteiger partial charge >= 0.3 is 0 Å². The van der Waals surface area contributed by atoms with Crippen LogP contribution >= 0.6 is 11.6 Å². The van der Waals surface area contributed by atoms with Gasteiger partial charge in [0.2, 0.25) is 0 Å². The van der Waals surface area contributed by atoms with Crippen LogP contribution in [0.5, 0.6) is 0 Å². The lowest BCUT2D eigenvalue weighted by atomic mass is 10.0. The number of benzene rings is 1. The molecule has 1 aromatic carbocycles. The molecule has 0 bridgehead atoms. The second kappa shape index (κ2) is 6.55. The summed E-state index contributed by atoms with van der Waals surface area (Å²) in [5.74, 6) is 0. The zero-order valence-corrected chi connectivity index (χ0v) is 13.9. The van der Waals surface area contributed by atoms with Crippen molar-refractivity contribution >= 4 is 17.3 Å². The van der Waals surface area contributed by atoms with Crippen LogP contribution < -0.4 is 10.2 Å². The Labute approximate surface area is 133 Å². The van der Waals surface area contributed by atoms with Gasteiger partial charge < -0.3 is 15.1 Å². The van der Waals surface area contributed by atoms with E-state index in [1.165, 1.54) is 36.9 Å². The molecule has 1 heterocycles. The Morgan fingerprint density at radius 3 is 2.48 bits per heavy atom. The highest BCUT2D eigenvalue weighted by molar-refractivity contribution is 6.31. The van der Waals surface area contributed by atoms with Crippen LogP contribution in [-0.4, -0.2) is 44.2 Å². The molecule has 0 aromatic heterocycles. The first-order valence-electron chi connectivity index (χ1n) is 8.06. The number of piperidine rings is 1. The molecule has 3 nitrogen and oxygen atoms in total. The molecular weight excluding hydrogens is 282 g/mol. The second-order valence-electron chi connectivity index (χ2n) is 6.61. The summed E-state index contributed by atoms with van der Waals surface area (Å²) >= 11 is 6.46. The van der Waals surface area contributed by atoms with Crippen LogP contribution in [0.2, 0.25) is 5.02 Å². The first-order chi connectivity index (χ1) is 10.1. The Bertz CT molecular complexity index is 477. The largest absolute Gasteiger partial charge is 0.371 e. The summed E-state index contributed by atoms with van der Waals surface area (Å²) in [7, 11) is 4.36. The van der Waals surface area contributed by atoms with Crippen molar-refractivity contribution in [2.45, 2.75) is 44.3 Å². The lowest BCUT2D eigenvalue weighted by molar-refractivity contribution is 0.249. The maximum absolute atomic E-state index is 6.46. The standard InChI is InChI=1S/C17H26ClN3/c1-20(2)15-7-9-21(10-8-15)16-6-3-13(17(18)11-16)12-19-14-4-5-14/h3,6,11,14-15,19H,4-5,7-10,12H2,1-2H3. The number of nitrogens with zero attached hydrogens (tertiary/aromatic N) is 2. The molecule has 1 saturated carbocycles. The second-order valence-corrected chi connectivity index (χ2v) is 7.02. The fraction of sp³-hybridized carbons (Fsp3) is 0.647. The molecule has 4 heteroatoms. The van der Waals surface area contributed by atoms with E-state index in [0.717, 1.165) is 36.7 Å². The van der Waals surface area contributed by atoms with Crippen molar-refractivity contribution in [3.8, 4) is 0 Å². The molecular formula is C17H26ClN3. The first kappa shape index (κ1) is 15.1. The van der Waals surface area contributed by atoms with E-state index in [9.17, 15) is 0 Å². The Kier molecular flexibility index (Phi) is 4.72. The molecule has 1 saturated heterocycles. The highest BCUT2D eigenvalue weighted by Gasteiger charge is 2.22. The van der Waals surface area contributed by atoms with Crippen molar-refractivity contribution in [3.05, 3.63) is 28.8 Å². The van der Waals surface area contributed by atoms with Gasteiger partial charge in [-0.15, -0.1) is 0 Å². The summed E-state index contributed by atoms with van der Waals surface area (Å²) in [6.07, 6.45) is 5.10. The third kappa shape index (κ3) is 3.91. The molecule has 2 aliphatic rings. The maximum Gasteiger partial charge on any atom is 0.0471 e. The van der Waals surface area contributed by atoms with E-state index < -0.39 is 0 Å². The average Bonchev–Trinajstić information content (AvgIpc) is 3.30. The zero-order chi connectivity index (χ0) is 14.8. The predicted molar refractivity (Wildman–Crippen MR) is 90.2 cm³/mol. The minimum Gasteiger partial charge on any atom is -0.371 e. The van der Waals surface area contributed by atoms with Gasteiger partial charge in [0.15, 0.2) is 0 Å². The molecule has 3 rings (SSSR count). The van der Waals surface area contributed by atoms with Crippen LogP contribution in [0.3, 0.4) is 0 Å². The molecule has 1 aliphatic carbocycles. The van der Waals surface area contributed by atoms with Gasteiger partial charge in [0.05, 0.1) is 0 Å². The van der Waals surface area contributed by atoms with Gasteiger partial charge in [0, 0.05) is 42.4 Å². The quantitative estimate of drug-likeness (QED) is 0.901. The molecule has 1 aromatic rings. The third-order valence-corrected chi connectivity index (χ3v) is 5.11. The van der Waals surface area contributed by atoms with Crippen LogP contribution in [0.15, 0.2) is 18.2 Å². The normalized spacial score (nSPS) is 20.3. The van der Waals surface area contributed by atoms with Crippen molar-refractivity contribution in [1.29, 1.82) is 0 Å². The van der Waals surface area contributed by atoms with Crippen LogP contribution in [0.25, 0.3) is 0 Å². The van der Waals surface area contributed by atoms with E-state index in [-0.39, 0.29) is 0 Å². The SMILES string of the molecule is CN(C)C1CCN(c2ccc(CNC3CC3)c(Cl)c2)CC1. The van der Waals surface area contributed by atoms with Crippen LogP contribution in [0, 0.1) is 0 Å². The third-order valence-electron chi connectivity index (χ3n) is 4.76. The van der Waals surface area contributed by atoms with Crippen LogP contribution in [0.4, 0.5) is 5.69 Å². The molecule has 0 amide bonds. The number of hydrogen-bond acceptors (Lipinski definition) is 3. The summed E-state index contributed by atoms with van der Waals surface area (Å²) in [5, 5.41) is 4.43. The lowest BCUT2D eigenvalue weighted by Gasteiger charge is -2.36. The Balaban J connectivity index is 1.59. The molecule has 0 spiro atoms. The first-order valence-corrected chi connectivity index (χ1v) is 8.44. The molecule has 0 radical (unpaired) electrons. The minimum atomic E-state index is 0.721. The molecule has 0 unspecified atom stereocenters. The van der Waals surface area contributed by atoms with Gasteiger partial charge in [-0.25, -0.2) is 0 Å². The fourth-order valence-corrected chi connectivity index (χ4v) is 3.30. The lowest BCUT2D eigenvalue weighted by Crippen LogP contribution is -2.42. The van der Waals surface area contributed by atoms with Crippen LogP contribution in [0.1, 0.15) is 31.2 Å². The topological polar surface area (TPSA) is 18.5 Å². The predicted octanol–water partition coefficient (Wildman–Crippen LogP) is 3.12. The van der Waals surface area contributed by atoms with Gasteiger partial charge in [-0.3, -0.25) is 0 Å². The smallest absolute Gasteiger partial charge is 0.0471 e. The fourth-order valence-electron chi connectivity index (χ4n) is 3.06. The van der Waals surface area contributed by atoms with E-state index in [1.54, 1.807) is 0 Å². The highest BCUT2D eigenvalue weighted by Crippen LogP contribution is 2.27. The molecule has 116 valence electrons. The Morgan fingerprint density at radius 1 is 1.19 bits per heavy atom. The van der Waals surface area contributed by atoms with E-state index in [1.807, 2.05) is 0 Å². The summed E-state index contributed by atoms with van der Waals surface area (Å²) in [4.78, 5) is 4.81. The Morgan fingerprint density at radius 2 is 1.90 bits per heavy atom. The van der Waals surface area contributed by atoms with E-state index in [0.29, 0.717) is 0 Å². The molecule has 21 heavy (non-hydrogen) atoms. The monoisotopic (exact) mass is 307 g/mol. The zero-order valence-electron chi connectivity index (χ0n) is 13.1. The summed E-state index contributed by atoms with van der Waals surface area (Å²) in [5.41, 5.74) is 2.49. The van der Waals surface area contributed by atoms with Crippen molar-refractivity contribution in [3.63, 3.8) is 0 Å². The Hall–Kier alpha value is -0.770. The van der Waals surface area contributed by atoms with Gasteiger partial charge in [0.25, 0.3) is 0 Å². The molecule has 1 aliphatic heterocycles. The van der Waals surface area contributed by atoms with Gasteiger partial charge in [0.1, 0.15) is 0 Å². The highest BCUT2D eigenvalue weighted by atomic mass is 35.5. The summed E-state index contributed by atoms with van der Waals surface area (Å²) in [6.45, 7) is 3.14. The van der Waals surface area contributed by atoms with E-state index in [4.69, 9.17) is 11.6 Å². The van der Waals surface area contributed by atoms with Crippen molar-refractivity contribution in [2.24, 2.45) is 0 Å². The summed E-state index contributed by atoms with van der Waals surface area (Å²) in [6, 6.07) is 8.00. The van der Waals surface area contributed by atoms with E-state index >= 15 is 0 Å². The van der Waals surface area contributed by atoms with Crippen LogP contribution in [-0.2, 0) is 6.54 Å². The molecule has 2 fully saturated rings. The molecule has 1 N–H and O–H groups in total. The number of anilines is 1. The van der Waals surface area contributed by atoms with Gasteiger partial charge in [-0.05, 0) is 57.5 Å². The van der Waals surface area contributed by atoms with E-state index in [2.05, 4.69) is 47.4 Å².